The van der Waals surface area contributed by atoms with Crippen LogP contribution in [0.1, 0.15) is 67.1 Å². The number of rotatable bonds is 6. The van der Waals surface area contributed by atoms with Crippen molar-refractivity contribution in [3.05, 3.63) is 34.7 Å². The molecule has 2 fully saturated rings. The van der Waals surface area contributed by atoms with E-state index in [1.807, 2.05) is 6.07 Å². The Labute approximate surface area is 197 Å². The Hall–Kier alpha value is -2.49. The number of ether oxygens (including phenoxy) is 1. The van der Waals surface area contributed by atoms with Crippen LogP contribution < -0.4 is 0 Å². The molecule has 0 saturated carbocycles. The van der Waals surface area contributed by atoms with Crippen molar-refractivity contribution in [1.29, 1.82) is 0 Å². The van der Waals surface area contributed by atoms with E-state index in [1.54, 1.807) is 13.3 Å². The van der Waals surface area contributed by atoms with Gasteiger partial charge in [-0.05, 0) is 76.7 Å². The maximum atomic E-state index is 13.0. The lowest BCUT2D eigenvalue weighted by Crippen LogP contribution is -2.43. The Morgan fingerprint density at radius 1 is 1.27 bits per heavy atom. The van der Waals surface area contributed by atoms with Gasteiger partial charge in [-0.25, -0.2) is 0 Å². The summed E-state index contributed by atoms with van der Waals surface area (Å²) in [6.07, 6.45) is 13.2. The number of nitrogens with zero attached hydrogens (tertiary/aromatic N) is 3. The third-order valence-corrected chi connectivity index (χ3v) is 7.79. The van der Waals surface area contributed by atoms with Crippen LogP contribution in [0.5, 0.6) is 0 Å². The fourth-order valence-electron chi connectivity index (χ4n) is 5.22. The minimum Gasteiger partial charge on any atom is -0.378 e. The number of carbonyl (C=O) groups excluding carboxylic acids is 2. The van der Waals surface area contributed by atoms with E-state index in [1.165, 1.54) is 0 Å². The van der Waals surface area contributed by atoms with Crippen molar-refractivity contribution in [3.8, 4) is 12.3 Å². The van der Waals surface area contributed by atoms with Crippen LogP contribution in [0, 0.1) is 18.3 Å². The molecule has 0 unspecified atom stereocenters. The van der Waals surface area contributed by atoms with E-state index in [0.717, 1.165) is 75.1 Å². The maximum absolute atomic E-state index is 13.0. The fourth-order valence-corrected chi connectivity index (χ4v) is 5.22. The molecule has 1 aliphatic carbocycles. The van der Waals surface area contributed by atoms with Crippen LogP contribution >= 0.6 is 0 Å². The molecule has 0 atom stereocenters. The van der Waals surface area contributed by atoms with Crippen molar-refractivity contribution in [3.63, 3.8) is 0 Å². The van der Waals surface area contributed by atoms with Gasteiger partial charge in [-0.2, -0.15) is 0 Å². The average Bonchev–Trinajstić information content (AvgIpc) is 2.83. The normalized spacial score (nSPS) is 21.6. The lowest BCUT2D eigenvalue weighted by molar-refractivity contribution is -0.114. The van der Waals surface area contributed by atoms with Crippen molar-refractivity contribution in [2.75, 3.05) is 40.3 Å². The van der Waals surface area contributed by atoms with Crippen LogP contribution in [0.3, 0.4) is 0 Å². The lowest BCUT2D eigenvalue weighted by atomic mass is 9.85. The van der Waals surface area contributed by atoms with Crippen LogP contribution in [0.4, 0.5) is 0 Å². The van der Waals surface area contributed by atoms with Crippen LogP contribution in [-0.4, -0.2) is 72.3 Å². The Bertz CT molecular complexity index is 990. The summed E-state index contributed by atoms with van der Waals surface area (Å²) in [6, 6.07) is 1.87. The van der Waals surface area contributed by atoms with E-state index in [-0.39, 0.29) is 23.6 Å². The second kappa shape index (κ2) is 9.79. The summed E-state index contributed by atoms with van der Waals surface area (Å²) in [4.78, 5) is 34.8. The van der Waals surface area contributed by atoms with Crippen molar-refractivity contribution in [2.45, 2.75) is 57.5 Å². The molecule has 0 N–H and O–H groups in total. The highest BCUT2D eigenvalue weighted by Crippen LogP contribution is 2.36. The van der Waals surface area contributed by atoms with E-state index >= 15 is 0 Å². The van der Waals surface area contributed by atoms with Gasteiger partial charge in [0.2, 0.25) is 0 Å². The summed E-state index contributed by atoms with van der Waals surface area (Å²) in [5, 5.41) is 0. The molecule has 0 bridgehead atoms. The van der Waals surface area contributed by atoms with E-state index in [0.29, 0.717) is 23.6 Å². The topological polar surface area (TPSA) is 62.7 Å². The quantitative estimate of drug-likeness (QED) is 0.490. The highest BCUT2D eigenvalue weighted by molar-refractivity contribution is 6.10. The molecule has 6 nitrogen and oxygen atoms in total. The Kier molecular flexibility index (Phi) is 7.02. The molecule has 2 aliphatic heterocycles. The van der Waals surface area contributed by atoms with Crippen molar-refractivity contribution in [1.82, 2.24) is 14.8 Å². The second-order valence-corrected chi connectivity index (χ2v) is 10.0. The Morgan fingerprint density at radius 2 is 1.97 bits per heavy atom. The summed E-state index contributed by atoms with van der Waals surface area (Å²) >= 11 is 0. The monoisotopic (exact) mass is 449 g/mol. The van der Waals surface area contributed by atoms with Crippen molar-refractivity contribution >= 4 is 17.3 Å². The van der Waals surface area contributed by atoms with Gasteiger partial charge >= 0.3 is 0 Å². The largest absolute Gasteiger partial charge is 0.378 e. The average molecular weight is 450 g/mol. The molecular formula is C27H35N3O3. The summed E-state index contributed by atoms with van der Waals surface area (Å²) in [5.74, 6) is 3.27. The first-order valence-electron chi connectivity index (χ1n) is 12.1. The number of hydrogen-bond acceptors (Lipinski definition) is 6. The minimum atomic E-state index is -0.165. The molecule has 0 amide bonds. The van der Waals surface area contributed by atoms with Crippen molar-refractivity contribution in [2.24, 2.45) is 5.92 Å². The number of Topliss-reactive ketones (excluding diaryl/α,β-unsaturated/α-hetero) is 2. The molecule has 6 heteroatoms. The molecular weight excluding hydrogens is 414 g/mol. The van der Waals surface area contributed by atoms with Gasteiger partial charge in [0.25, 0.3) is 0 Å². The van der Waals surface area contributed by atoms with E-state index < -0.39 is 0 Å². The number of pyridine rings is 1. The molecule has 0 spiro atoms. The third-order valence-electron chi connectivity index (χ3n) is 7.79. The van der Waals surface area contributed by atoms with E-state index in [2.05, 4.69) is 34.7 Å². The highest BCUT2D eigenvalue weighted by atomic mass is 16.5. The summed E-state index contributed by atoms with van der Waals surface area (Å²) in [7, 11) is 3.90. The minimum absolute atomic E-state index is 0.0526. The number of likely N-dealkylation sites (tertiary alicyclic amines) is 2. The molecule has 2 saturated heterocycles. The third kappa shape index (κ3) is 5.05. The van der Waals surface area contributed by atoms with Gasteiger partial charge in [0.15, 0.2) is 11.6 Å². The van der Waals surface area contributed by atoms with Crippen LogP contribution in [0.15, 0.2) is 17.8 Å². The standard InChI is InChI=1S/C27H35N3O3/c1-5-21-25(32)16-20-18-28-23(24(31)7-6-19-8-12-29(3)13-9-19)17-22(20)26(21)30-14-10-27(2,33-4)11-15-30/h1,17-19H,6-16H2,2-4H3. The number of carbonyl (C=O) groups is 2. The molecule has 4 rings (SSSR count). The molecule has 1 aromatic heterocycles. The Morgan fingerprint density at radius 3 is 2.61 bits per heavy atom. The number of piperidine rings is 2. The number of hydrogen-bond donors (Lipinski definition) is 0. The van der Waals surface area contributed by atoms with Gasteiger partial charge in [-0.15, -0.1) is 6.42 Å². The molecule has 1 aromatic rings. The zero-order valence-electron chi connectivity index (χ0n) is 20.2. The van der Waals surface area contributed by atoms with E-state index in [4.69, 9.17) is 11.2 Å². The van der Waals surface area contributed by atoms with Crippen LogP contribution in [0.2, 0.25) is 0 Å². The SMILES string of the molecule is C#CC1=C(N2CCC(C)(OC)CC2)c2cc(C(=O)CCC3CCN(C)CC3)ncc2CC1=O. The van der Waals surface area contributed by atoms with Gasteiger partial charge in [-0.1, -0.05) is 5.92 Å². The smallest absolute Gasteiger partial charge is 0.181 e. The van der Waals surface area contributed by atoms with Gasteiger partial charge < -0.3 is 14.5 Å². The molecule has 176 valence electrons. The summed E-state index contributed by atoms with van der Waals surface area (Å²) in [6.45, 7) is 5.82. The first kappa shape index (κ1) is 23.7. The number of ketones is 2. The number of fused-ring (bicyclic) bond motifs is 1. The van der Waals surface area contributed by atoms with Gasteiger partial charge in [0.05, 0.1) is 16.9 Å². The summed E-state index contributed by atoms with van der Waals surface area (Å²) < 4.78 is 5.68. The van der Waals surface area contributed by atoms with Crippen LogP contribution in [-0.2, 0) is 16.0 Å². The molecule has 0 radical (unpaired) electrons. The summed E-state index contributed by atoms with van der Waals surface area (Å²) in [5.41, 5.74) is 3.25. The first-order chi connectivity index (χ1) is 15.8. The van der Waals surface area contributed by atoms with Gasteiger partial charge in [0, 0.05) is 44.8 Å². The molecule has 0 aromatic carbocycles. The van der Waals surface area contributed by atoms with Gasteiger partial charge in [-0.3, -0.25) is 14.6 Å². The lowest BCUT2D eigenvalue weighted by Gasteiger charge is -2.41. The molecule has 33 heavy (non-hydrogen) atoms. The number of terminal acetylenes is 1. The van der Waals surface area contributed by atoms with E-state index in [9.17, 15) is 9.59 Å². The zero-order chi connectivity index (χ0) is 23.6. The first-order valence-corrected chi connectivity index (χ1v) is 12.1. The number of methoxy groups -OCH3 is 1. The molecule has 3 aliphatic rings. The van der Waals surface area contributed by atoms with Crippen molar-refractivity contribution < 1.29 is 14.3 Å². The van der Waals surface area contributed by atoms with Crippen LogP contribution in [0.25, 0.3) is 5.70 Å². The predicted molar refractivity (Wildman–Crippen MR) is 129 cm³/mol. The number of allylic oxidation sites excluding steroid dienone is 1. The highest BCUT2D eigenvalue weighted by Gasteiger charge is 2.35. The Balaban J connectivity index is 1.55. The maximum Gasteiger partial charge on any atom is 0.181 e. The number of aromatic nitrogens is 1. The fraction of sp³-hybridized carbons (Fsp3) is 0.593. The zero-order valence-corrected chi connectivity index (χ0v) is 20.2. The van der Waals surface area contributed by atoms with Gasteiger partial charge in [0.1, 0.15) is 5.69 Å². The molecule has 3 heterocycles. The predicted octanol–water partition coefficient (Wildman–Crippen LogP) is 3.36. The second-order valence-electron chi connectivity index (χ2n) is 10.0.